The molecule has 6 heteroatoms. The van der Waals surface area contributed by atoms with Crippen LogP contribution < -0.4 is 10.5 Å². The van der Waals surface area contributed by atoms with Gasteiger partial charge in [0.15, 0.2) is 0 Å². The Balaban J connectivity index is 2.56. The van der Waals surface area contributed by atoms with Crippen LogP contribution in [0, 0.1) is 0 Å². The quantitative estimate of drug-likeness (QED) is 0.564. The van der Waals surface area contributed by atoms with Crippen LogP contribution in [-0.4, -0.2) is 35.5 Å². The largest absolute Gasteiger partial charge is 0.476 e. The lowest BCUT2D eigenvalue weighted by Gasteiger charge is -2.07. The summed E-state index contributed by atoms with van der Waals surface area (Å²) in [5, 5.41) is 7.52. The van der Waals surface area contributed by atoms with E-state index in [0.717, 1.165) is 6.42 Å². The molecular formula is C9H13N3O2S. The number of thiocarbonyl (C=S) groups is 1. The van der Waals surface area contributed by atoms with Crippen molar-refractivity contribution >= 4 is 17.2 Å². The fraction of sp³-hybridized carbons (Fsp3) is 0.444. The first-order chi connectivity index (χ1) is 7.25. The highest BCUT2D eigenvalue weighted by Crippen LogP contribution is 2.12. The highest BCUT2D eigenvalue weighted by Gasteiger charge is 2.07. The fourth-order valence-corrected chi connectivity index (χ4v) is 1.14. The van der Waals surface area contributed by atoms with Crippen molar-refractivity contribution in [1.82, 2.24) is 10.2 Å². The van der Waals surface area contributed by atoms with E-state index < -0.39 is 0 Å². The first-order valence-corrected chi connectivity index (χ1v) is 4.89. The van der Waals surface area contributed by atoms with Crippen LogP contribution in [-0.2, 0) is 4.74 Å². The fourth-order valence-electron chi connectivity index (χ4n) is 0.985. The minimum Gasteiger partial charge on any atom is -0.476 e. The molecule has 0 radical (unpaired) electrons. The van der Waals surface area contributed by atoms with Crippen molar-refractivity contribution in [1.29, 1.82) is 0 Å². The van der Waals surface area contributed by atoms with Crippen LogP contribution in [0.4, 0.5) is 0 Å². The van der Waals surface area contributed by atoms with Gasteiger partial charge in [0.1, 0.15) is 4.99 Å². The number of hydrogen-bond acceptors (Lipinski definition) is 5. The van der Waals surface area contributed by atoms with Gasteiger partial charge in [0.25, 0.3) is 0 Å². The molecule has 1 aromatic rings. The van der Waals surface area contributed by atoms with Crippen LogP contribution in [0.3, 0.4) is 0 Å². The first kappa shape index (κ1) is 11.8. The second-order valence-corrected chi connectivity index (χ2v) is 3.25. The molecule has 1 rings (SSSR count). The lowest BCUT2D eigenvalue weighted by Crippen LogP contribution is -2.14. The average molecular weight is 227 g/mol. The number of nitrogens with zero attached hydrogens (tertiary/aromatic N) is 2. The lowest BCUT2D eigenvalue weighted by molar-refractivity contribution is 0.170. The van der Waals surface area contributed by atoms with Gasteiger partial charge in [0, 0.05) is 20.1 Å². The third kappa shape index (κ3) is 3.77. The maximum absolute atomic E-state index is 5.50. The van der Waals surface area contributed by atoms with Crippen molar-refractivity contribution in [2.24, 2.45) is 5.73 Å². The second-order valence-electron chi connectivity index (χ2n) is 2.81. The van der Waals surface area contributed by atoms with E-state index in [0.29, 0.717) is 24.7 Å². The molecule has 0 spiro atoms. The smallest absolute Gasteiger partial charge is 0.243 e. The standard InChI is InChI=1S/C9H13N3O2S/c1-13-5-2-6-14-9-7(8(10)15)3-4-11-12-9/h3-4H,2,5-6H2,1H3,(H2,10,15). The molecule has 1 aromatic heterocycles. The highest BCUT2D eigenvalue weighted by molar-refractivity contribution is 7.80. The van der Waals surface area contributed by atoms with E-state index >= 15 is 0 Å². The lowest BCUT2D eigenvalue weighted by atomic mass is 10.3. The van der Waals surface area contributed by atoms with Crippen molar-refractivity contribution in [3.05, 3.63) is 17.8 Å². The zero-order valence-corrected chi connectivity index (χ0v) is 9.29. The van der Waals surface area contributed by atoms with Crippen LogP contribution in [0.1, 0.15) is 12.0 Å². The van der Waals surface area contributed by atoms with Crippen LogP contribution in [0.25, 0.3) is 0 Å². The molecule has 82 valence electrons. The summed E-state index contributed by atoms with van der Waals surface area (Å²) in [7, 11) is 1.64. The molecule has 15 heavy (non-hydrogen) atoms. The number of ether oxygens (including phenoxy) is 2. The zero-order chi connectivity index (χ0) is 11.1. The number of aromatic nitrogens is 2. The molecule has 0 aromatic carbocycles. The molecule has 0 atom stereocenters. The molecular weight excluding hydrogens is 214 g/mol. The third-order valence-electron chi connectivity index (χ3n) is 1.68. The van der Waals surface area contributed by atoms with Crippen molar-refractivity contribution in [3.63, 3.8) is 0 Å². The zero-order valence-electron chi connectivity index (χ0n) is 8.47. The topological polar surface area (TPSA) is 70.3 Å². The van der Waals surface area contributed by atoms with Crippen molar-refractivity contribution in [2.45, 2.75) is 6.42 Å². The SMILES string of the molecule is COCCCOc1nnccc1C(N)=S. The van der Waals surface area contributed by atoms with Gasteiger partial charge in [-0.1, -0.05) is 12.2 Å². The molecule has 0 saturated carbocycles. The van der Waals surface area contributed by atoms with Gasteiger partial charge in [-0.15, -0.1) is 5.10 Å². The predicted molar refractivity (Wildman–Crippen MR) is 59.9 cm³/mol. The van der Waals surface area contributed by atoms with Gasteiger partial charge in [0.2, 0.25) is 5.88 Å². The van der Waals surface area contributed by atoms with E-state index in [-0.39, 0.29) is 4.99 Å². The second kappa shape index (κ2) is 6.26. The van der Waals surface area contributed by atoms with Gasteiger partial charge in [-0.3, -0.25) is 0 Å². The molecule has 0 aliphatic rings. The molecule has 0 bridgehead atoms. The molecule has 0 amide bonds. The Morgan fingerprint density at radius 2 is 2.33 bits per heavy atom. The molecule has 0 aliphatic carbocycles. The van der Waals surface area contributed by atoms with Crippen molar-refractivity contribution in [3.8, 4) is 5.88 Å². The summed E-state index contributed by atoms with van der Waals surface area (Å²) >= 11 is 4.86. The van der Waals surface area contributed by atoms with Gasteiger partial charge in [-0.25, -0.2) is 0 Å². The number of methoxy groups -OCH3 is 1. The summed E-state index contributed by atoms with van der Waals surface area (Å²) in [4.78, 5) is 0.256. The van der Waals surface area contributed by atoms with Crippen LogP contribution >= 0.6 is 12.2 Å². The third-order valence-corrected chi connectivity index (χ3v) is 1.90. The molecule has 5 nitrogen and oxygen atoms in total. The van der Waals surface area contributed by atoms with Gasteiger partial charge in [-0.05, 0) is 6.07 Å². The Hall–Kier alpha value is -1.27. The Morgan fingerprint density at radius 1 is 1.53 bits per heavy atom. The van der Waals surface area contributed by atoms with Gasteiger partial charge >= 0.3 is 0 Å². The van der Waals surface area contributed by atoms with Gasteiger partial charge < -0.3 is 15.2 Å². The summed E-state index contributed by atoms with van der Waals surface area (Å²) in [6.07, 6.45) is 2.31. The van der Waals surface area contributed by atoms with E-state index in [1.54, 1.807) is 13.2 Å². The Labute approximate surface area is 93.6 Å². The van der Waals surface area contributed by atoms with Crippen LogP contribution in [0.5, 0.6) is 5.88 Å². The maximum Gasteiger partial charge on any atom is 0.243 e. The van der Waals surface area contributed by atoms with Crippen LogP contribution in [0.2, 0.25) is 0 Å². The van der Waals surface area contributed by atoms with E-state index in [4.69, 9.17) is 27.4 Å². The minimum atomic E-state index is 0.256. The Morgan fingerprint density at radius 3 is 3.00 bits per heavy atom. The van der Waals surface area contributed by atoms with E-state index in [1.165, 1.54) is 6.20 Å². The highest BCUT2D eigenvalue weighted by atomic mass is 32.1. The van der Waals surface area contributed by atoms with Gasteiger partial charge in [0.05, 0.1) is 18.4 Å². The minimum absolute atomic E-state index is 0.256. The molecule has 1 heterocycles. The first-order valence-electron chi connectivity index (χ1n) is 4.49. The monoisotopic (exact) mass is 227 g/mol. The summed E-state index contributed by atoms with van der Waals surface area (Å²) < 4.78 is 10.3. The normalized spacial score (nSPS) is 9.93. The Bertz CT molecular complexity index is 333. The number of nitrogens with two attached hydrogens (primary N) is 1. The molecule has 0 saturated heterocycles. The summed E-state index contributed by atoms with van der Waals surface area (Å²) in [6, 6.07) is 1.68. The molecule has 0 fully saturated rings. The molecule has 0 aliphatic heterocycles. The summed E-state index contributed by atoms with van der Waals surface area (Å²) in [5.41, 5.74) is 6.11. The molecule has 2 N–H and O–H groups in total. The van der Waals surface area contributed by atoms with E-state index in [2.05, 4.69) is 10.2 Å². The summed E-state index contributed by atoms with van der Waals surface area (Å²) in [5.74, 6) is 0.376. The van der Waals surface area contributed by atoms with Crippen molar-refractivity contribution < 1.29 is 9.47 Å². The van der Waals surface area contributed by atoms with E-state index in [9.17, 15) is 0 Å². The van der Waals surface area contributed by atoms with Crippen molar-refractivity contribution in [2.75, 3.05) is 20.3 Å². The van der Waals surface area contributed by atoms with E-state index in [1.807, 2.05) is 0 Å². The van der Waals surface area contributed by atoms with Gasteiger partial charge in [-0.2, -0.15) is 5.10 Å². The summed E-state index contributed by atoms with van der Waals surface area (Å²) in [6.45, 7) is 1.14. The average Bonchev–Trinajstić information content (AvgIpc) is 2.25. The Kier molecular flexibility index (Phi) is 4.92. The predicted octanol–water partition coefficient (Wildman–Crippen LogP) is 0.526. The van der Waals surface area contributed by atoms with Crippen LogP contribution in [0.15, 0.2) is 12.3 Å². The number of hydrogen-bond donors (Lipinski definition) is 1. The maximum atomic E-state index is 5.50. The molecule has 0 unspecified atom stereocenters. The number of rotatable bonds is 6.